The summed E-state index contributed by atoms with van der Waals surface area (Å²) in [5, 5.41) is 7.67. The van der Waals surface area contributed by atoms with Crippen molar-refractivity contribution in [2.24, 2.45) is 4.99 Å². The fourth-order valence-corrected chi connectivity index (χ4v) is 0.869. The van der Waals surface area contributed by atoms with Gasteiger partial charge in [-0.3, -0.25) is 0 Å². The fraction of sp³-hybridized carbons (Fsp3) is 0.700. The smallest absolute Gasteiger partial charge is 0.214 e. The maximum absolute atomic E-state index is 5.35. The van der Waals surface area contributed by atoms with E-state index < -0.39 is 0 Å². The molecule has 5 heteroatoms. The van der Waals surface area contributed by atoms with Crippen molar-refractivity contribution in [3.63, 3.8) is 0 Å². The number of aryl methyl sites for hydroxylation is 1. The Hall–Kier alpha value is -1.39. The van der Waals surface area contributed by atoms with Crippen molar-refractivity contribution in [3.8, 4) is 0 Å². The number of rotatable bonds is 3. The lowest BCUT2D eigenvalue weighted by atomic mass is 10.5. The minimum atomic E-state index is 0.0620. The van der Waals surface area contributed by atoms with Crippen LogP contribution in [0.25, 0.3) is 0 Å². The Morgan fingerprint density at radius 1 is 1.40 bits per heavy atom. The zero-order valence-electron chi connectivity index (χ0n) is 10.4. The van der Waals surface area contributed by atoms with Crippen LogP contribution in [-0.4, -0.2) is 27.5 Å². The Bertz CT molecular complexity index is 304. The molecule has 0 amide bonds. The third kappa shape index (κ3) is 4.10. The molecule has 0 saturated carbocycles. The Morgan fingerprint density at radius 2 is 2.00 bits per heavy atom. The van der Waals surface area contributed by atoms with Crippen LogP contribution in [0, 0.1) is 6.92 Å². The molecule has 1 aromatic heterocycles. The Morgan fingerprint density at radius 3 is 2.47 bits per heavy atom. The van der Waals surface area contributed by atoms with Gasteiger partial charge in [-0.25, -0.2) is 4.99 Å². The van der Waals surface area contributed by atoms with Gasteiger partial charge in [0.25, 0.3) is 0 Å². The Balaban J connectivity index is 0.000000921. The van der Waals surface area contributed by atoms with Gasteiger partial charge in [-0.15, -0.1) is 5.10 Å². The van der Waals surface area contributed by atoms with Crippen molar-refractivity contribution < 1.29 is 4.84 Å². The molecular formula is C10H20N4O. The van der Waals surface area contributed by atoms with E-state index in [0.29, 0.717) is 5.82 Å². The lowest BCUT2D eigenvalue weighted by molar-refractivity contribution is 0.0360. The van der Waals surface area contributed by atoms with Crippen molar-refractivity contribution in [1.29, 1.82) is 0 Å². The molecule has 0 bridgehead atoms. The van der Waals surface area contributed by atoms with Gasteiger partial charge in [0.1, 0.15) is 11.8 Å². The van der Waals surface area contributed by atoms with Crippen LogP contribution in [0.5, 0.6) is 0 Å². The van der Waals surface area contributed by atoms with Gasteiger partial charge in [0.2, 0.25) is 5.82 Å². The summed E-state index contributed by atoms with van der Waals surface area (Å²) in [6, 6.07) is 0. The highest BCUT2D eigenvalue weighted by Crippen LogP contribution is 2.13. The highest BCUT2D eigenvalue weighted by Gasteiger charge is 2.09. The van der Waals surface area contributed by atoms with Gasteiger partial charge in [0.05, 0.1) is 0 Å². The number of aromatic nitrogens is 3. The third-order valence-electron chi connectivity index (χ3n) is 1.34. The summed E-state index contributed by atoms with van der Waals surface area (Å²) in [5.74, 6) is 0.649. The second-order valence-corrected chi connectivity index (χ2v) is 2.91. The summed E-state index contributed by atoms with van der Waals surface area (Å²) in [7, 11) is 0. The zero-order valence-corrected chi connectivity index (χ0v) is 10.4. The van der Waals surface area contributed by atoms with Crippen LogP contribution in [0.2, 0.25) is 0 Å². The van der Waals surface area contributed by atoms with Gasteiger partial charge in [-0.1, -0.05) is 18.7 Å². The first-order chi connectivity index (χ1) is 7.15. The average Bonchev–Trinajstić information content (AvgIpc) is 2.53. The molecule has 1 rings (SSSR count). The fourth-order valence-electron chi connectivity index (χ4n) is 0.869. The van der Waals surface area contributed by atoms with E-state index in [1.165, 1.54) is 4.85 Å². The molecule has 0 aromatic carbocycles. The molecule has 0 saturated heterocycles. The van der Waals surface area contributed by atoms with E-state index in [9.17, 15) is 0 Å². The SMILES string of the molecule is C/C=N\c1c(C)nnn1OC(C)C.CC. The average molecular weight is 212 g/mol. The maximum atomic E-state index is 5.35. The number of hydrogen-bond acceptors (Lipinski definition) is 4. The molecular weight excluding hydrogens is 192 g/mol. The van der Waals surface area contributed by atoms with Crippen LogP contribution in [0.1, 0.15) is 40.3 Å². The van der Waals surface area contributed by atoms with Crippen molar-refractivity contribution in [1.82, 2.24) is 15.2 Å². The molecule has 0 fully saturated rings. The molecule has 0 aliphatic rings. The summed E-state index contributed by atoms with van der Waals surface area (Å²) in [4.78, 5) is 10.8. The van der Waals surface area contributed by atoms with Gasteiger partial charge < -0.3 is 4.84 Å². The lowest BCUT2D eigenvalue weighted by Gasteiger charge is -2.08. The number of aliphatic imine (C=N–C) groups is 1. The van der Waals surface area contributed by atoms with Gasteiger partial charge >= 0.3 is 0 Å². The van der Waals surface area contributed by atoms with E-state index in [1.807, 2.05) is 41.5 Å². The predicted molar refractivity (Wildman–Crippen MR) is 61.6 cm³/mol. The summed E-state index contributed by atoms with van der Waals surface area (Å²) in [6.07, 6.45) is 1.75. The van der Waals surface area contributed by atoms with Gasteiger partial charge in [0, 0.05) is 6.21 Å². The van der Waals surface area contributed by atoms with E-state index in [1.54, 1.807) is 6.21 Å². The quantitative estimate of drug-likeness (QED) is 0.721. The van der Waals surface area contributed by atoms with Gasteiger partial charge in [-0.05, 0) is 32.9 Å². The van der Waals surface area contributed by atoms with Crippen LogP contribution < -0.4 is 4.84 Å². The van der Waals surface area contributed by atoms with Gasteiger partial charge in [0.15, 0.2) is 0 Å². The standard InChI is InChI=1S/C8H14N4O.C2H6/c1-5-9-8-7(4)10-11-12(8)13-6(2)3;1-2/h5-6H,1-4H3;1-2H3/b9-5-;. The summed E-state index contributed by atoms with van der Waals surface area (Å²) in [6.45, 7) is 11.5. The highest BCUT2D eigenvalue weighted by atomic mass is 16.7. The van der Waals surface area contributed by atoms with E-state index in [4.69, 9.17) is 4.84 Å². The number of hydrogen-bond donors (Lipinski definition) is 0. The van der Waals surface area contributed by atoms with Crippen LogP contribution in [-0.2, 0) is 0 Å². The summed E-state index contributed by atoms with van der Waals surface area (Å²) < 4.78 is 0. The largest absolute Gasteiger partial charge is 0.391 e. The molecule has 0 aliphatic carbocycles. The van der Waals surface area contributed by atoms with Crippen molar-refractivity contribution >= 4 is 12.0 Å². The molecule has 0 radical (unpaired) electrons. The highest BCUT2D eigenvalue weighted by molar-refractivity contribution is 5.59. The molecule has 1 aromatic rings. The molecule has 0 atom stereocenters. The number of nitrogens with zero attached hydrogens (tertiary/aromatic N) is 4. The van der Waals surface area contributed by atoms with Crippen LogP contribution >= 0.6 is 0 Å². The van der Waals surface area contributed by atoms with E-state index in [2.05, 4.69) is 15.3 Å². The van der Waals surface area contributed by atoms with E-state index in [0.717, 1.165) is 5.69 Å². The Kier molecular flexibility index (Phi) is 6.33. The molecule has 1 heterocycles. The lowest BCUT2D eigenvalue weighted by Crippen LogP contribution is -2.20. The van der Waals surface area contributed by atoms with Crippen molar-refractivity contribution in [2.75, 3.05) is 0 Å². The van der Waals surface area contributed by atoms with Crippen molar-refractivity contribution in [2.45, 2.75) is 47.6 Å². The molecule has 5 nitrogen and oxygen atoms in total. The second-order valence-electron chi connectivity index (χ2n) is 2.91. The monoisotopic (exact) mass is 212 g/mol. The molecule has 0 N–H and O–H groups in total. The maximum Gasteiger partial charge on any atom is 0.214 e. The summed E-state index contributed by atoms with van der Waals surface area (Å²) in [5.41, 5.74) is 0.763. The van der Waals surface area contributed by atoms with Crippen LogP contribution in [0.4, 0.5) is 5.82 Å². The molecule has 15 heavy (non-hydrogen) atoms. The minimum Gasteiger partial charge on any atom is -0.391 e. The Labute approximate surface area is 91.1 Å². The van der Waals surface area contributed by atoms with Gasteiger partial charge in [-0.2, -0.15) is 0 Å². The molecule has 0 aliphatic heterocycles. The zero-order chi connectivity index (χ0) is 11.8. The first kappa shape index (κ1) is 13.6. The minimum absolute atomic E-state index is 0.0620. The normalized spacial score (nSPS) is 10.3. The van der Waals surface area contributed by atoms with E-state index >= 15 is 0 Å². The first-order valence-electron chi connectivity index (χ1n) is 5.23. The topological polar surface area (TPSA) is 52.3 Å². The predicted octanol–water partition coefficient (Wildman–Crippen LogP) is 2.17. The van der Waals surface area contributed by atoms with Crippen LogP contribution in [0.3, 0.4) is 0 Å². The first-order valence-corrected chi connectivity index (χ1v) is 5.23. The summed E-state index contributed by atoms with van der Waals surface area (Å²) >= 11 is 0. The van der Waals surface area contributed by atoms with Crippen molar-refractivity contribution in [3.05, 3.63) is 5.69 Å². The molecule has 0 spiro atoms. The van der Waals surface area contributed by atoms with Crippen LogP contribution in [0.15, 0.2) is 4.99 Å². The molecule has 86 valence electrons. The molecule has 0 unspecified atom stereocenters. The second kappa shape index (κ2) is 6.98. The third-order valence-corrected chi connectivity index (χ3v) is 1.34. The van der Waals surface area contributed by atoms with E-state index in [-0.39, 0.29) is 6.10 Å².